The van der Waals surface area contributed by atoms with Crippen LogP contribution < -0.4 is 0 Å². The minimum Gasteiger partial charge on any atom is -0.461 e. The molecule has 0 aliphatic rings. The lowest BCUT2D eigenvalue weighted by atomic mass is 10.0. The average Bonchev–Trinajstić information content (AvgIpc) is 2.63. The third-order valence-electron chi connectivity index (χ3n) is 4.70. The summed E-state index contributed by atoms with van der Waals surface area (Å²) < 4.78 is 5.15. The molecule has 0 atom stereocenters. The Morgan fingerprint density at radius 2 is 1.50 bits per heavy atom. The second kappa shape index (κ2) is 14.6. The van der Waals surface area contributed by atoms with E-state index in [1.165, 1.54) is 81.4 Å². The molecule has 2 nitrogen and oxygen atoms in total. The van der Waals surface area contributed by atoms with Crippen LogP contribution in [0.3, 0.4) is 0 Å². The van der Waals surface area contributed by atoms with E-state index < -0.39 is 0 Å². The van der Waals surface area contributed by atoms with E-state index in [4.69, 9.17) is 4.74 Å². The fraction of sp³-hybridized carbons (Fsp3) is 0.625. The molecule has 0 aliphatic heterocycles. The fourth-order valence-corrected chi connectivity index (χ4v) is 3.18. The van der Waals surface area contributed by atoms with Crippen LogP contribution >= 0.6 is 0 Å². The Hall–Kier alpha value is -1.57. The topological polar surface area (TPSA) is 26.3 Å². The zero-order chi connectivity index (χ0) is 19.0. The Kier molecular flexibility index (Phi) is 12.6. The first kappa shape index (κ1) is 22.5. The lowest BCUT2D eigenvalue weighted by molar-refractivity contribution is -0.140. The molecule has 1 rings (SSSR count). The second-order valence-electron chi connectivity index (χ2n) is 7.30. The van der Waals surface area contributed by atoms with Crippen LogP contribution in [-0.4, -0.2) is 12.6 Å². The highest BCUT2D eigenvalue weighted by atomic mass is 16.5. The summed E-state index contributed by atoms with van der Waals surface area (Å²) in [5.41, 5.74) is 3.80. The zero-order valence-corrected chi connectivity index (χ0v) is 17.2. The van der Waals surface area contributed by atoms with E-state index in [0.29, 0.717) is 6.61 Å². The molecule has 0 aromatic heterocycles. The molecule has 0 N–H and O–H groups in total. The quantitative estimate of drug-likeness (QED) is 0.261. The zero-order valence-electron chi connectivity index (χ0n) is 17.2. The average molecular weight is 359 g/mol. The molecule has 146 valence electrons. The summed E-state index contributed by atoms with van der Waals surface area (Å²) in [6.45, 7) is 6.28. The third kappa shape index (κ3) is 11.1. The van der Waals surface area contributed by atoms with Crippen LogP contribution in [0.15, 0.2) is 29.8 Å². The van der Waals surface area contributed by atoms with Gasteiger partial charge in [-0.2, -0.15) is 0 Å². The highest BCUT2D eigenvalue weighted by molar-refractivity contribution is 5.66. The molecule has 26 heavy (non-hydrogen) atoms. The first-order valence-electron chi connectivity index (χ1n) is 10.6. The van der Waals surface area contributed by atoms with Gasteiger partial charge in [-0.15, -0.1) is 0 Å². The van der Waals surface area contributed by atoms with Gasteiger partial charge in [0, 0.05) is 6.92 Å². The highest BCUT2D eigenvalue weighted by Crippen LogP contribution is 2.15. The van der Waals surface area contributed by atoms with Crippen LogP contribution in [0.1, 0.15) is 96.1 Å². The molecule has 0 spiro atoms. The van der Waals surface area contributed by atoms with Gasteiger partial charge in [0.1, 0.15) is 6.61 Å². The highest BCUT2D eigenvalue weighted by Gasteiger charge is 2.01. The molecule has 0 heterocycles. The monoisotopic (exact) mass is 358 g/mol. The predicted octanol–water partition coefficient (Wildman–Crippen LogP) is 7.12. The summed E-state index contributed by atoms with van der Waals surface area (Å²) in [6, 6.07) is 8.85. The molecule has 1 aromatic carbocycles. The van der Waals surface area contributed by atoms with Gasteiger partial charge in [0.25, 0.3) is 0 Å². The molecular formula is C24H38O2. The van der Waals surface area contributed by atoms with Crippen LogP contribution in [0.2, 0.25) is 0 Å². The van der Waals surface area contributed by atoms with Crippen molar-refractivity contribution in [3.8, 4) is 0 Å². The van der Waals surface area contributed by atoms with Crippen molar-refractivity contribution in [2.75, 3.05) is 6.61 Å². The van der Waals surface area contributed by atoms with Crippen LogP contribution in [0.5, 0.6) is 0 Å². The van der Waals surface area contributed by atoms with Gasteiger partial charge in [-0.25, -0.2) is 0 Å². The van der Waals surface area contributed by atoms with Gasteiger partial charge in [0.05, 0.1) is 0 Å². The maximum atomic E-state index is 11.0. The van der Waals surface area contributed by atoms with Gasteiger partial charge in [0.15, 0.2) is 0 Å². The summed E-state index contributed by atoms with van der Waals surface area (Å²) in [7, 11) is 0. The third-order valence-corrected chi connectivity index (χ3v) is 4.70. The first-order chi connectivity index (χ1) is 12.7. The van der Waals surface area contributed by atoms with E-state index in [1.807, 2.05) is 0 Å². The largest absolute Gasteiger partial charge is 0.461 e. The Morgan fingerprint density at radius 3 is 2.08 bits per heavy atom. The standard InChI is InChI=1S/C24H38O2/c1-4-6-7-8-9-10-11-12-14-22-15-17-23(18-16-22)19-24(13-5-2)20-26-21(3)25/h15-19H,4-14,20H2,1-3H3/b24-19+. The number of rotatable bonds is 14. The Morgan fingerprint density at radius 1 is 0.885 bits per heavy atom. The number of aryl methyl sites for hydroxylation is 1. The van der Waals surface area contributed by atoms with Gasteiger partial charge < -0.3 is 4.74 Å². The SMILES string of the molecule is CCCCCCCCCCc1ccc(/C=C(\CCC)COC(C)=O)cc1. The van der Waals surface area contributed by atoms with Crippen molar-refractivity contribution in [3.05, 3.63) is 41.0 Å². The van der Waals surface area contributed by atoms with Gasteiger partial charge in [-0.1, -0.05) is 95.6 Å². The molecule has 0 fully saturated rings. The van der Waals surface area contributed by atoms with Gasteiger partial charge >= 0.3 is 5.97 Å². The lowest BCUT2D eigenvalue weighted by Crippen LogP contribution is -2.03. The molecule has 1 aromatic rings. The summed E-state index contributed by atoms with van der Waals surface area (Å²) in [5.74, 6) is -0.215. The predicted molar refractivity (Wildman–Crippen MR) is 112 cm³/mol. The van der Waals surface area contributed by atoms with Crippen molar-refractivity contribution < 1.29 is 9.53 Å². The number of carbonyl (C=O) groups excluding carboxylic acids is 1. The maximum absolute atomic E-state index is 11.0. The van der Waals surface area contributed by atoms with Crippen LogP contribution in [-0.2, 0) is 16.0 Å². The van der Waals surface area contributed by atoms with E-state index >= 15 is 0 Å². The van der Waals surface area contributed by atoms with Crippen molar-refractivity contribution in [3.63, 3.8) is 0 Å². The van der Waals surface area contributed by atoms with E-state index in [9.17, 15) is 4.79 Å². The van der Waals surface area contributed by atoms with Gasteiger partial charge in [0.2, 0.25) is 0 Å². The van der Waals surface area contributed by atoms with Crippen molar-refractivity contribution in [1.82, 2.24) is 0 Å². The fourth-order valence-electron chi connectivity index (χ4n) is 3.18. The molecule has 2 heteroatoms. The number of ether oxygens (including phenoxy) is 1. The van der Waals surface area contributed by atoms with E-state index in [2.05, 4.69) is 44.2 Å². The molecule has 0 amide bonds. The summed E-state index contributed by atoms with van der Waals surface area (Å²) in [4.78, 5) is 11.0. The van der Waals surface area contributed by atoms with Crippen LogP contribution in [0.4, 0.5) is 0 Å². The summed E-state index contributed by atoms with van der Waals surface area (Å²) in [6.07, 6.45) is 16.3. The number of unbranched alkanes of at least 4 members (excludes halogenated alkanes) is 7. The Bertz CT molecular complexity index is 514. The van der Waals surface area contributed by atoms with Crippen LogP contribution in [0.25, 0.3) is 6.08 Å². The van der Waals surface area contributed by atoms with E-state index in [0.717, 1.165) is 12.8 Å². The van der Waals surface area contributed by atoms with Crippen molar-refractivity contribution in [1.29, 1.82) is 0 Å². The number of carbonyl (C=O) groups is 1. The molecule has 0 unspecified atom stereocenters. The minimum absolute atomic E-state index is 0.215. The molecule has 0 saturated carbocycles. The number of hydrogen-bond acceptors (Lipinski definition) is 2. The molecular weight excluding hydrogens is 320 g/mol. The van der Waals surface area contributed by atoms with E-state index in [-0.39, 0.29) is 5.97 Å². The smallest absolute Gasteiger partial charge is 0.302 e. The van der Waals surface area contributed by atoms with E-state index in [1.54, 1.807) is 0 Å². The Labute approximate surface area is 161 Å². The van der Waals surface area contributed by atoms with Crippen molar-refractivity contribution in [2.45, 2.75) is 91.4 Å². The summed E-state index contributed by atoms with van der Waals surface area (Å²) >= 11 is 0. The molecule has 0 bridgehead atoms. The lowest BCUT2D eigenvalue weighted by Gasteiger charge is -2.07. The number of hydrogen-bond donors (Lipinski definition) is 0. The second-order valence-corrected chi connectivity index (χ2v) is 7.30. The minimum atomic E-state index is -0.215. The van der Waals surface area contributed by atoms with Crippen molar-refractivity contribution in [2.24, 2.45) is 0 Å². The van der Waals surface area contributed by atoms with Gasteiger partial charge in [-0.05, 0) is 36.0 Å². The molecule has 0 saturated heterocycles. The maximum Gasteiger partial charge on any atom is 0.302 e. The number of benzene rings is 1. The molecule has 0 aliphatic carbocycles. The normalized spacial score (nSPS) is 11.6. The van der Waals surface area contributed by atoms with Gasteiger partial charge in [-0.3, -0.25) is 4.79 Å². The molecule has 0 radical (unpaired) electrons. The first-order valence-corrected chi connectivity index (χ1v) is 10.6. The Balaban J connectivity index is 2.34. The van der Waals surface area contributed by atoms with Crippen LogP contribution in [0, 0.1) is 0 Å². The van der Waals surface area contributed by atoms with Crippen molar-refractivity contribution >= 4 is 12.0 Å². The number of esters is 1. The summed E-state index contributed by atoms with van der Waals surface area (Å²) in [5, 5.41) is 0.